The molecule has 0 radical (unpaired) electrons. The molecular weight excluding hydrogens is 367 g/mol. The van der Waals surface area contributed by atoms with Gasteiger partial charge in [-0.25, -0.2) is 0 Å². The van der Waals surface area contributed by atoms with Crippen molar-refractivity contribution in [1.82, 2.24) is 0 Å². The molecule has 104 valence electrons. The van der Waals surface area contributed by atoms with Crippen molar-refractivity contribution in [2.75, 3.05) is 0 Å². The molecule has 0 aromatic rings. The van der Waals surface area contributed by atoms with Crippen molar-refractivity contribution in [2.24, 2.45) is 0 Å². The monoisotopic (exact) mass is 380 g/mol. The van der Waals surface area contributed by atoms with Gasteiger partial charge in [0, 0.05) is 20.8 Å². The summed E-state index contributed by atoms with van der Waals surface area (Å²) in [7, 11) is 0. The second-order valence-corrected chi connectivity index (χ2v) is 5.19. The van der Waals surface area contributed by atoms with Crippen LogP contribution in [0.2, 0.25) is 0 Å². The highest BCUT2D eigenvalue weighted by Gasteiger charge is 2.33. The molecule has 0 bridgehead atoms. The van der Waals surface area contributed by atoms with Crippen molar-refractivity contribution in [3.05, 3.63) is 23.7 Å². The molecule has 0 aliphatic heterocycles. The first-order chi connectivity index (χ1) is 8.81. The van der Waals surface area contributed by atoms with Gasteiger partial charge in [0.15, 0.2) is 17.6 Å². The largest absolute Gasteiger partial charge is 0.453 e. The van der Waals surface area contributed by atoms with E-state index in [1.165, 1.54) is 26.8 Å². The number of esters is 3. The lowest BCUT2D eigenvalue weighted by Gasteiger charge is -2.26. The highest BCUT2D eigenvalue weighted by molar-refractivity contribution is 14.1. The standard InChI is InChI=1S/C12H13IO6/c1-6(14)17-10-5-4-9(13)11(18-7(2)15)12(10)19-8(3)16/h4-5,9,11H,1-3H3. The summed E-state index contributed by atoms with van der Waals surface area (Å²) in [6, 6.07) is 0. The quantitative estimate of drug-likeness (QED) is 0.321. The molecule has 0 saturated carbocycles. The lowest BCUT2D eigenvalue weighted by atomic mass is 10.1. The van der Waals surface area contributed by atoms with Gasteiger partial charge in [-0.05, 0) is 6.08 Å². The fourth-order valence-corrected chi connectivity index (χ4v) is 2.13. The molecule has 0 spiro atoms. The van der Waals surface area contributed by atoms with Gasteiger partial charge in [0.05, 0.1) is 3.92 Å². The van der Waals surface area contributed by atoms with Crippen molar-refractivity contribution < 1.29 is 28.6 Å². The van der Waals surface area contributed by atoms with Gasteiger partial charge in [-0.1, -0.05) is 28.7 Å². The lowest BCUT2D eigenvalue weighted by molar-refractivity contribution is -0.151. The van der Waals surface area contributed by atoms with Gasteiger partial charge in [-0.3, -0.25) is 14.4 Å². The fourth-order valence-electron chi connectivity index (χ4n) is 1.45. The van der Waals surface area contributed by atoms with Crippen LogP contribution in [-0.4, -0.2) is 27.9 Å². The molecule has 0 saturated heterocycles. The summed E-state index contributed by atoms with van der Waals surface area (Å²) in [5.74, 6) is -1.57. The number of hydrogen-bond donors (Lipinski definition) is 0. The van der Waals surface area contributed by atoms with Crippen LogP contribution in [0.4, 0.5) is 0 Å². The van der Waals surface area contributed by atoms with Crippen LogP contribution in [0, 0.1) is 0 Å². The van der Waals surface area contributed by atoms with E-state index in [4.69, 9.17) is 14.2 Å². The van der Waals surface area contributed by atoms with E-state index < -0.39 is 24.0 Å². The maximum atomic E-state index is 11.1. The first kappa shape index (κ1) is 15.7. The van der Waals surface area contributed by atoms with Crippen LogP contribution in [0.25, 0.3) is 0 Å². The summed E-state index contributed by atoms with van der Waals surface area (Å²) in [6.07, 6.45) is 2.40. The normalized spacial score (nSPS) is 21.9. The van der Waals surface area contributed by atoms with Gasteiger partial charge in [-0.2, -0.15) is 0 Å². The van der Waals surface area contributed by atoms with Gasteiger partial charge in [0.1, 0.15) is 0 Å². The summed E-state index contributed by atoms with van der Waals surface area (Å²) >= 11 is 2.03. The summed E-state index contributed by atoms with van der Waals surface area (Å²) < 4.78 is 14.8. The van der Waals surface area contributed by atoms with E-state index in [1.54, 1.807) is 6.08 Å². The molecule has 1 aliphatic carbocycles. The SMILES string of the molecule is CC(=O)OC1=C(OC(C)=O)C(OC(C)=O)C(I)C=C1. The molecule has 7 heteroatoms. The smallest absolute Gasteiger partial charge is 0.308 e. The molecule has 0 N–H and O–H groups in total. The van der Waals surface area contributed by atoms with Crippen molar-refractivity contribution >= 4 is 40.5 Å². The minimum atomic E-state index is -0.804. The van der Waals surface area contributed by atoms with Crippen LogP contribution >= 0.6 is 22.6 Å². The third-order valence-corrected chi connectivity index (χ3v) is 3.09. The Kier molecular flexibility index (Phi) is 5.52. The Hall–Kier alpha value is -1.38. The number of halogens is 1. The Morgan fingerprint density at radius 3 is 2.11 bits per heavy atom. The first-order valence-corrected chi connectivity index (χ1v) is 6.66. The Balaban J connectivity index is 3.13. The Bertz CT molecular complexity index is 465. The van der Waals surface area contributed by atoms with Crippen LogP contribution in [0.5, 0.6) is 0 Å². The van der Waals surface area contributed by atoms with Gasteiger partial charge < -0.3 is 14.2 Å². The summed E-state index contributed by atoms with van der Waals surface area (Å²) in [5, 5.41) is 0. The maximum Gasteiger partial charge on any atom is 0.308 e. The van der Waals surface area contributed by atoms with Crippen molar-refractivity contribution in [1.29, 1.82) is 0 Å². The minimum absolute atomic E-state index is 0.0276. The van der Waals surface area contributed by atoms with E-state index in [1.807, 2.05) is 22.6 Å². The zero-order chi connectivity index (χ0) is 14.6. The molecule has 0 heterocycles. The third-order valence-electron chi connectivity index (χ3n) is 2.02. The second-order valence-electron chi connectivity index (χ2n) is 3.75. The molecule has 2 atom stereocenters. The minimum Gasteiger partial charge on any atom is -0.453 e. The number of carbonyl (C=O) groups excluding carboxylic acids is 3. The Morgan fingerprint density at radius 1 is 1.05 bits per heavy atom. The van der Waals surface area contributed by atoms with Gasteiger partial charge in [-0.15, -0.1) is 0 Å². The lowest BCUT2D eigenvalue weighted by Crippen LogP contribution is -2.33. The molecule has 0 aromatic carbocycles. The number of hydrogen-bond acceptors (Lipinski definition) is 6. The van der Waals surface area contributed by atoms with Crippen molar-refractivity contribution in [2.45, 2.75) is 30.8 Å². The van der Waals surface area contributed by atoms with Gasteiger partial charge >= 0.3 is 17.9 Å². The third kappa shape index (κ3) is 4.66. The van der Waals surface area contributed by atoms with E-state index in [9.17, 15) is 14.4 Å². The number of rotatable bonds is 3. The predicted octanol–water partition coefficient (Wildman–Crippen LogP) is 1.63. The summed E-state index contributed by atoms with van der Waals surface area (Å²) in [5.41, 5.74) is 0. The van der Waals surface area contributed by atoms with E-state index in [0.717, 1.165) is 0 Å². The maximum absolute atomic E-state index is 11.1. The Labute approximate surface area is 123 Å². The van der Waals surface area contributed by atoms with Gasteiger partial charge in [0.25, 0.3) is 0 Å². The Morgan fingerprint density at radius 2 is 1.63 bits per heavy atom. The summed E-state index contributed by atoms with van der Waals surface area (Å²) in [6.45, 7) is 3.69. The number of carbonyl (C=O) groups is 3. The number of ether oxygens (including phenoxy) is 3. The molecular formula is C12H13IO6. The van der Waals surface area contributed by atoms with Crippen LogP contribution in [0.15, 0.2) is 23.7 Å². The molecule has 1 aliphatic rings. The van der Waals surface area contributed by atoms with Crippen LogP contribution in [0.1, 0.15) is 20.8 Å². The van der Waals surface area contributed by atoms with E-state index in [2.05, 4.69) is 0 Å². The second kappa shape index (κ2) is 6.69. The summed E-state index contributed by atoms with van der Waals surface area (Å²) in [4.78, 5) is 33.2. The average molecular weight is 380 g/mol. The average Bonchev–Trinajstić information content (AvgIpc) is 2.25. The highest BCUT2D eigenvalue weighted by Crippen LogP contribution is 2.29. The molecule has 0 fully saturated rings. The van der Waals surface area contributed by atoms with E-state index in [0.29, 0.717) is 0 Å². The van der Waals surface area contributed by atoms with E-state index >= 15 is 0 Å². The van der Waals surface area contributed by atoms with E-state index in [-0.39, 0.29) is 15.4 Å². The highest BCUT2D eigenvalue weighted by atomic mass is 127. The molecule has 0 amide bonds. The zero-order valence-electron chi connectivity index (χ0n) is 10.6. The predicted molar refractivity (Wildman–Crippen MR) is 73.1 cm³/mol. The number of allylic oxidation sites excluding steroid dienone is 1. The van der Waals surface area contributed by atoms with Crippen molar-refractivity contribution in [3.63, 3.8) is 0 Å². The van der Waals surface area contributed by atoms with Crippen LogP contribution < -0.4 is 0 Å². The van der Waals surface area contributed by atoms with Gasteiger partial charge in [0.2, 0.25) is 0 Å². The van der Waals surface area contributed by atoms with Crippen molar-refractivity contribution in [3.8, 4) is 0 Å². The molecule has 19 heavy (non-hydrogen) atoms. The fraction of sp³-hybridized carbons (Fsp3) is 0.417. The topological polar surface area (TPSA) is 78.9 Å². The first-order valence-electron chi connectivity index (χ1n) is 5.41. The molecule has 0 aromatic heterocycles. The zero-order valence-corrected chi connectivity index (χ0v) is 12.8. The molecule has 2 unspecified atom stereocenters. The number of alkyl halides is 1. The van der Waals surface area contributed by atoms with Crippen LogP contribution in [-0.2, 0) is 28.6 Å². The molecule has 6 nitrogen and oxygen atoms in total. The molecule has 1 rings (SSSR count). The van der Waals surface area contributed by atoms with Crippen LogP contribution in [0.3, 0.4) is 0 Å².